The van der Waals surface area contributed by atoms with Crippen LogP contribution >= 0.6 is 0 Å². The highest BCUT2D eigenvalue weighted by Crippen LogP contribution is 2.25. The normalized spacial score (nSPS) is 13.5. The maximum Gasteiger partial charge on any atom is 0.260 e. The SMILES string of the molecule is C=NOCC(=O)NCCOCCOCCC(=O)N1CCN(Cc2ccc(Cn3ccc4nc(N)nc(NCCCCC)c43)c(C)c2)CC1. The fourth-order valence-electron chi connectivity index (χ4n) is 5.65. The number of ether oxygens (including phenoxy) is 2. The summed E-state index contributed by atoms with van der Waals surface area (Å²) in [5, 5.41) is 9.27. The van der Waals surface area contributed by atoms with Gasteiger partial charge in [-0.05, 0) is 36.1 Å². The molecule has 0 spiro atoms. The summed E-state index contributed by atoms with van der Waals surface area (Å²) in [6.45, 7) is 14.7. The standard InChI is InChI=1S/C34H51N9O5/c1-4-5-6-11-38-33-32-29(39-34(35)40-33)9-13-43(32)24-28-8-7-27(22-26(28)2)23-41-14-16-42(17-15-41)31(45)10-18-46-20-21-47-19-12-37-30(44)25-48-36-3/h7-9,13,22H,3-6,10-12,14-21,23-25H2,1-2H3,(H,37,44)(H3,35,38,39,40). The molecule has 0 atom stereocenters. The number of aromatic nitrogens is 3. The number of anilines is 2. The first-order chi connectivity index (χ1) is 23.4. The van der Waals surface area contributed by atoms with E-state index in [0.29, 0.717) is 52.5 Å². The summed E-state index contributed by atoms with van der Waals surface area (Å²) in [6.07, 6.45) is 5.82. The van der Waals surface area contributed by atoms with E-state index in [1.54, 1.807) is 0 Å². The van der Waals surface area contributed by atoms with Crippen molar-refractivity contribution >= 4 is 41.3 Å². The number of hydrogen-bond donors (Lipinski definition) is 3. The van der Waals surface area contributed by atoms with Gasteiger partial charge in [0, 0.05) is 65.3 Å². The molecule has 4 N–H and O–H groups in total. The number of carbonyl (C=O) groups excluding carboxylic acids is 2. The third kappa shape index (κ3) is 11.5. The van der Waals surface area contributed by atoms with Gasteiger partial charge in [-0.2, -0.15) is 4.98 Å². The van der Waals surface area contributed by atoms with E-state index in [2.05, 4.69) is 85.0 Å². The Bertz CT molecular complexity index is 1470. The Labute approximate surface area is 283 Å². The van der Waals surface area contributed by atoms with Crippen LogP contribution in [0.5, 0.6) is 0 Å². The molecular formula is C34H51N9O5. The van der Waals surface area contributed by atoms with Crippen molar-refractivity contribution in [2.75, 3.05) is 83.4 Å². The third-order valence-corrected chi connectivity index (χ3v) is 8.27. The molecule has 14 heteroatoms. The van der Waals surface area contributed by atoms with Crippen molar-refractivity contribution in [1.29, 1.82) is 0 Å². The van der Waals surface area contributed by atoms with E-state index in [0.717, 1.165) is 56.0 Å². The molecule has 0 aliphatic carbocycles. The van der Waals surface area contributed by atoms with Gasteiger partial charge in [0.05, 0.1) is 38.4 Å². The predicted molar refractivity (Wildman–Crippen MR) is 187 cm³/mol. The lowest BCUT2D eigenvalue weighted by molar-refractivity contribution is -0.134. The van der Waals surface area contributed by atoms with Gasteiger partial charge in [0.25, 0.3) is 5.91 Å². The van der Waals surface area contributed by atoms with E-state index in [4.69, 9.17) is 15.2 Å². The summed E-state index contributed by atoms with van der Waals surface area (Å²) in [4.78, 5) is 41.9. The summed E-state index contributed by atoms with van der Waals surface area (Å²) >= 11 is 0. The highest BCUT2D eigenvalue weighted by atomic mass is 16.6. The first kappa shape index (κ1) is 36.6. The van der Waals surface area contributed by atoms with E-state index >= 15 is 0 Å². The number of oxime groups is 1. The number of rotatable bonds is 21. The second kappa shape index (κ2) is 19.5. The number of amides is 2. The maximum absolute atomic E-state index is 12.7. The molecule has 262 valence electrons. The van der Waals surface area contributed by atoms with E-state index in [1.807, 2.05) is 11.0 Å². The Kier molecular flexibility index (Phi) is 14.9. The molecule has 0 unspecified atom stereocenters. The highest BCUT2D eigenvalue weighted by Gasteiger charge is 2.21. The second-order valence-corrected chi connectivity index (χ2v) is 11.9. The number of nitrogen functional groups attached to an aromatic ring is 1. The molecule has 0 radical (unpaired) electrons. The van der Waals surface area contributed by atoms with Gasteiger partial charge in [-0.25, -0.2) is 4.98 Å². The Hall–Kier alpha value is -4.27. The molecule has 1 aliphatic heterocycles. The van der Waals surface area contributed by atoms with E-state index in [-0.39, 0.29) is 24.4 Å². The number of unbranched alkanes of at least 4 members (excludes halogenated alkanes) is 2. The maximum atomic E-state index is 12.7. The van der Waals surface area contributed by atoms with E-state index in [1.165, 1.54) is 29.5 Å². The lowest BCUT2D eigenvalue weighted by atomic mass is 10.0. The van der Waals surface area contributed by atoms with Gasteiger partial charge in [0.15, 0.2) is 12.4 Å². The molecule has 2 aromatic heterocycles. The van der Waals surface area contributed by atoms with Crippen LogP contribution in [0.25, 0.3) is 11.0 Å². The van der Waals surface area contributed by atoms with Gasteiger partial charge in [0.1, 0.15) is 5.52 Å². The predicted octanol–water partition coefficient (Wildman–Crippen LogP) is 2.79. The van der Waals surface area contributed by atoms with Gasteiger partial charge in [-0.3, -0.25) is 14.5 Å². The van der Waals surface area contributed by atoms with Gasteiger partial charge >= 0.3 is 0 Å². The van der Waals surface area contributed by atoms with Crippen molar-refractivity contribution in [2.45, 2.75) is 52.6 Å². The average Bonchev–Trinajstić information content (AvgIpc) is 3.48. The lowest BCUT2D eigenvalue weighted by Crippen LogP contribution is -2.48. The molecule has 3 aromatic rings. The van der Waals surface area contributed by atoms with Crippen molar-refractivity contribution in [3.8, 4) is 0 Å². The zero-order chi connectivity index (χ0) is 34.1. The van der Waals surface area contributed by atoms with Gasteiger partial charge < -0.3 is 40.1 Å². The van der Waals surface area contributed by atoms with Crippen LogP contribution < -0.4 is 16.4 Å². The molecule has 1 saturated heterocycles. The first-order valence-electron chi connectivity index (χ1n) is 16.8. The molecule has 0 saturated carbocycles. The Morgan fingerprint density at radius 2 is 1.79 bits per heavy atom. The number of fused-ring (bicyclic) bond motifs is 1. The summed E-state index contributed by atoms with van der Waals surface area (Å²) in [6, 6.07) is 8.69. The number of nitrogens with one attached hydrogen (secondary N) is 2. The lowest BCUT2D eigenvalue weighted by Gasteiger charge is -2.35. The quantitative estimate of drug-likeness (QED) is 0.0877. The van der Waals surface area contributed by atoms with E-state index < -0.39 is 0 Å². The molecule has 14 nitrogen and oxygen atoms in total. The summed E-state index contributed by atoms with van der Waals surface area (Å²) in [5.41, 5.74) is 11.6. The number of nitrogens with zero attached hydrogens (tertiary/aromatic N) is 6. The first-order valence-corrected chi connectivity index (χ1v) is 16.8. The largest absolute Gasteiger partial charge is 0.386 e. The topological polar surface area (TPSA) is 161 Å². The molecule has 48 heavy (non-hydrogen) atoms. The van der Waals surface area contributed by atoms with Crippen LogP contribution in [-0.4, -0.2) is 115 Å². The molecule has 1 aromatic carbocycles. The van der Waals surface area contributed by atoms with Crippen molar-refractivity contribution in [1.82, 2.24) is 29.7 Å². The monoisotopic (exact) mass is 665 g/mol. The number of piperazine rings is 1. The fourth-order valence-corrected chi connectivity index (χ4v) is 5.65. The zero-order valence-corrected chi connectivity index (χ0v) is 28.4. The Balaban J connectivity index is 1.15. The van der Waals surface area contributed by atoms with Crippen molar-refractivity contribution in [3.63, 3.8) is 0 Å². The number of carbonyl (C=O) groups is 2. The number of benzene rings is 1. The van der Waals surface area contributed by atoms with Gasteiger partial charge in [-0.15, -0.1) is 5.16 Å². The summed E-state index contributed by atoms with van der Waals surface area (Å²) in [7, 11) is 0. The zero-order valence-electron chi connectivity index (χ0n) is 28.4. The van der Waals surface area contributed by atoms with Gasteiger partial charge in [0.2, 0.25) is 11.9 Å². The number of nitrogens with two attached hydrogens (primary N) is 1. The second-order valence-electron chi connectivity index (χ2n) is 11.9. The summed E-state index contributed by atoms with van der Waals surface area (Å²) in [5.74, 6) is 0.891. The minimum Gasteiger partial charge on any atom is -0.386 e. The number of aryl methyl sites for hydroxylation is 1. The van der Waals surface area contributed by atoms with Crippen LogP contribution in [-0.2, 0) is 37.0 Å². The smallest absolute Gasteiger partial charge is 0.260 e. The van der Waals surface area contributed by atoms with Crippen LogP contribution in [0.1, 0.15) is 49.3 Å². The van der Waals surface area contributed by atoms with Crippen molar-refractivity contribution in [2.24, 2.45) is 5.16 Å². The molecule has 4 rings (SSSR count). The number of hydrogen-bond acceptors (Lipinski definition) is 11. The Morgan fingerprint density at radius 3 is 2.54 bits per heavy atom. The molecule has 1 fully saturated rings. The van der Waals surface area contributed by atoms with E-state index in [9.17, 15) is 9.59 Å². The molecule has 1 aliphatic rings. The van der Waals surface area contributed by atoms with Crippen LogP contribution in [0, 0.1) is 6.92 Å². The van der Waals surface area contributed by atoms with Crippen molar-refractivity contribution < 1.29 is 23.9 Å². The van der Waals surface area contributed by atoms with Gasteiger partial charge in [-0.1, -0.05) is 38.0 Å². The van der Waals surface area contributed by atoms with Crippen LogP contribution in [0.4, 0.5) is 11.8 Å². The van der Waals surface area contributed by atoms with Crippen LogP contribution in [0.15, 0.2) is 35.6 Å². The Morgan fingerprint density at radius 1 is 1.00 bits per heavy atom. The van der Waals surface area contributed by atoms with Crippen molar-refractivity contribution in [3.05, 3.63) is 47.2 Å². The molecular weight excluding hydrogens is 614 g/mol. The summed E-state index contributed by atoms with van der Waals surface area (Å²) < 4.78 is 13.2. The minimum absolute atomic E-state index is 0.111. The van der Waals surface area contributed by atoms with Crippen LogP contribution in [0.2, 0.25) is 0 Å². The molecule has 2 amide bonds. The fraction of sp³-hybridized carbons (Fsp3) is 0.559. The highest BCUT2D eigenvalue weighted by molar-refractivity contribution is 5.87. The van der Waals surface area contributed by atoms with Crippen LogP contribution in [0.3, 0.4) is 0 Å². The molecule has 0 bridgehead atoms. The minimum atomic E-state index is -0.285. The third-order valence-electron chi connectivity index (χ3n) is 8.27. The average molecular weight is 666 g/mol. The molecule has 3 heterocycles.